The van der Waals surface area contributed by atoms with Gasteiger partial charge in [0.05, 0.1) is 29.5 Å². The van der Waals surface area contributed by atoms with E-state index < -0.39 is 10.0 Å². The molecule has 1 aliphatic heterocycles. The van der Waals surface area contributed by atoms with Crippen LogP contribution in [0.2, 0.25) is 0 Å². The molecule has 1 saturated carbocycles. The van der Waals surface area contributed by atoms with Crippen LogP contribution < -0.4 is 14.4 Å². The molecule has 2 bridgehead atoms. The molecule has 2 aliphatic carbocycles. The zero-order valence-electron chi connectivity index (χ0n) is 16.2. The second kappa shape index (κ2) is 6.70. The molecular weight excluding hydrogens is 404 g/mol. The van der Waals surface area contributed by atoms with E-state index in [2.05, 4.69) is 4.72 Å². The Labute approximate surface area is 174 Å². The third kappa shape index (κ3) is 2.82. The number of carbonyl (C=O) groups is 2. The SMILES string of the molecule is COc1ccc(NS(=O)(=O)c2ccc(N3C(=O)[C@@H]4[C@H](C3=O)C3C=C[C@H]4C3)cc2)cc1. The first-order valence-electron chi connectivity index (χ1n) is 9.72. The second-order valence-electron chi connectivity index (χ2n) is 7.84. The first-order chi connectivity index (χ1) is 14.4. The molecule has 0 spiro atoms. The normalized spacial score (nSPS) is 26.9. The van der Waals surface area contributed by atoms with Crippen molar-refractivity contribution < 1.29 is 22.7 Å². The molecule has 2 fully saturated rings. The lowest BCUT2D eigenvalue weighted by atomic mass is 9.85. The Hall–Kier alpha value is -3.13. The van der Waals surface area contributed by atoms with Gasteiger partial charge >= 0.3 is 0 Å². The maximum atomic E-state index is 12.9. The summed E-state index contributed by atoms with van der Waals surface area (Å²) in [5.41, 5.74) is 0.808. The maximum absolute atomic E-state index is 12.9. The highest BCUT2D eigenvalue weighted by Gasteiger charge is 2.59. The summed E-state index contributed by atoms with van der Waals surface area (Å²) >= 11 is 0. The van der Waals surface area contributed by atoms with Gasteiger partial charge in [-0.05, 0) is 66.8 Å². The van der Waals surface area contributed by atoms with Crippen LogP contribution in [-0.2, 0) is 19.6 Å². The average Bonchev–Trinajstić information content (AvgIpc) is 3.42. The molecule has 2 amide bonds. The fourth-order valence-electron chi connectivity index (χ4n) is 4.80. The summed E-state index contributed by atoms with van der Waals surface area (Å²) in [6, 6.07) is 12.4. The number of anilines is 2. The summed E-state index contributed by atoms with van der Waals surface area (Å²) in [6.45, 7) is 0. The highest BCUT2D eigenvalue weighted by Crippen LogP contribution is 2.53. The summed E-state index contributed by atoms with van der Waals surface area (Å²) in [5.74, 6) is -0.0526. The zero-order chi connectivity index (χ0) is 21.0. The number of amides is 2. The van der Waals surface area contributed by atoms with E-state index in [0.717, 1.165) is 6.42 Å². The molecule has 1 N–H and O–H groups in total. The van der Waals surface area contributed by atoms with E-state index in [1.165, 1.54) is 36.3 Å². The number of nitrogens with zero attached hydrogens (tertiary/aromatic N) is 1. The van der Waals surface area contributed by atoms with Gasteiger partial charge in [-0.3, -0.25) is 19.2 Å². The van der Waals surface area contributed by atoms with Crippen molar-refractivity contribution >= 4 is 33.2 Å². The van der Waals surface area contributed by atoms with Crippen LogP contribution in [0.25, 0.3) is 0 Å². The predicted molar refractivity (Wildman–Crippen MR) is 110 cm³/mol. The van der Waals surface area contributed by atoms with E-state index in [9.17, 15) is 18.0 Å². The lowest BCUT2D eigenvalue weighted by molar-refractivity contribution is -0.123. The van der Waals surface area contributed by atoms with Crippen LogP contribution in [-0.4, -0.2) is 27.3 Å². The number of methoxy groups -OCH3 is 1. The van der Waals surface area contributed by atoms with Crippen LogP contribution in [0, 0.1) is 23.7 Å². The molecule has 30 heavy (non-hydrogen) atoms. The smallest absolute Gasteiger partial charge is 0.261 e. The van der Waals surface area contributed by atoms with Gasteiger partial charge in [0.1, 0.15) is 5.75 Å². The zero-order valence-corrected chi connectivity index (χ0v) is 17.0. The Kier molecular flexibility index (Phi) is 4.21. The van der Waals surface area contributed by atoms with Gasteiger partial charge in [0.25, 0.3) is 10.0 Å². The first kappa shape index (κ1) is 18.9. The number of sulfonamides is 1. The number of hydrogen-bond acceptors (Lipinski definition) is 5. The molecule has 2 aromatic carbocycles. The predicted octanol–water partition coefficient (Wildman–Crippen LogP) is 2.81. The van der Waals surface area contributed by atoms with Crippen LogP contribution in [0.15, 0.2) is 65.6 Å². The molecule has 5 rings (SSSR count). The van der Waals surface area contributed by atoms with E-state index in [1.54, 1.807) is 24.3 Å². The summed E-state index contributed by atoms with van der Waals surface area (Å²) in [6.07, 6.45) is 4.96. The standard InChI is InChI=1S/C22H20N2O5S/c1-29-17-8-4-15(5-9-17)23-30(27,28)18-10-6-16(7-11-18)24-21(25)19-13-2-3-14(12-13)20(19)22(24)26/h2-11,13-14,19-20,23H,12H2,1H3/t13-,14?,19-,20+/m0/s1. The number of fused-ring (bicyclic) bond motifs is 5. The van der Waals surface area contributed by atoms with Gasteiger partial charge in [-0.25, -0.2) is 8.42 Å². The number of hydrogen-bond donors (Lipinski definition) is 1. The van der Waals surface area contributed by atoms with Crippen molar-refractivity contribution in [2.75, 3.05) is 16.7 Å². The quantitative estimate of drug-likeness (QED) is 0.589. The molecule has 1 heterocycles. The van der Waals surface area contributed by atoms with Gasteiger partial charge < -0.3 is 4.74 Å². The summed E-state index contributed by atoms with van der Waals surface area (Å²) < 4.78 is 32.9. The van der Waals surface area contributed by atoms with E-state index in [-0.39, 0.29) is 40.4 Å². The van der Waals surface area contributed by atoms with Gasteiger partial charge in [0, 0.05) is 5.69 Å². The van der Waals surface area contributed by atoms with Gasteiger partial charge in [0.2, 0.25) is 11.8 Å². The fraction of sp³-hybridized carbons (Fsp3) is 0.273. The summed E-state index contributed by atoms with van der Waals surface area (Å²) in [5, 5.41) is 0. The van der Waals surface area contributed by atoms with Crippen molar-refractivity contribution in [3.63, 3.8) is 0 Å². The average molecular weight is 424 g/mol. The lowest BCUT2D eigenvalue weighted by Gasteiger charge is -2.17. The van der Waals surface area contributed by atoms with E-state index in [4.69, 9.17) is 4.74 Å². The van der Waals surface area contributed by atoms with Crippen molar-refractivity contribution in [1.82, 2.24) is 0 Å². The van der Waals surface area contributed by atoms with Crippen LogP contribution in [0.1, 0.15) is 6.42 Å². The monoisotopic (exact) mass is 424 g/mol. The number of carbonyl (C=O) groups excluding carboxylic acids is 2. The van der Waals surface area contributed by atoms with Crippen molar-refractivity contribution in [2.24, 2.45) is 23.7 Å². The summed E-state index contributed by atoms with van der Waals surface area (Å²) in [7, 11) is -2.28. The molecule has 1 unspecified atom stereocenters. The van der Waals surface area contributed by atoms with Crippen molar-refractivity contribution in [3.8, 4) is 5.75 Å². The minimum Gasteiger partial charge on any atom is -0.497 e. The third-order valence-corrected chi connectivity index (χ3v) is 7.61. The molecule has 8 heteroatoms. The van der Waals surface area contributed by atoms with Crippen molar-refractivity contribution in [1.29, 1.82) is 0 Å². The number of ether oxygens (including phenoxy) is 1. The highest BCUT2D eigenvalue weighted by atomic mass is 32.2. The molecule has 0 radical (unpaired) electrons. The van der Waals surface area contributed by atoms with Crippen LogP contribution in [0.4, 0.5) is 11.4 Å². The molecule has 4 atom stereocenters. The van der Waals surface area contributed by atoms with Crippen LogP contribution >= 0.6 is 0 Å². The maximum Gasteiger partial charge on any atom is 0.261 e. The highest BCUT2D eigenvalue weighted by molar-refractivity contribution is 7.92. The van der Waals surface area contributed by atoms with Gasteiger partial charge in [0.15, 0.2) is 0 Å². The van der Waals surface area contributed by atoms with E-state index in [1.807, 2.05) is 12.2 Å². The minimum atomic E-state index is -3.81. The third-order valence-electron chi connectivity index (χ3n) is 6.22. The molecule has 3 aliphatic rings. The number of allylic oxidation sites excluding steroid dienone is 2. The van der Waals surface area contributed by atoms with Crippen LogP contribution in [0.5, 0.6) is 5.75 Å². The van der Waals surface area contributed by atoms with Crippen molar-refractivity contribution in [3.05, 3.63) is 60.7 Å². The number of rotatable bonds is 5. The Balaban J connectivity index is 1.36. The molecule has 7 nitrogen and oxygen atoms in total. The van der Waals surface area contributed by atoms with E-state index in [0.29, 0.717) is 17.1 Å². The largest absolute Gasteiger partial charge is 0.497 e. The Bertz CT molecular complexity index is 1130. The van der Waals surface area contributed by atoms with Gasteiger partial charge in [-0.1, -0.05) is 12.2 Å². The topological polar surface area (TPSA) is 92.8 Å². The molecule has 2 aromatic rings. The number of imide groups is 1. The van der Waals surface area contributed by atoms with Gasteiger partial charge in [-0.2, -0.15) is 0 Å². The first-order valence-corrected chi connectivity index (χ1v) is 11.2. The summed E-state index contributed by atoms with van der Waals surface area (Å²) in [4.78, 5) is 27.0. The Morgan fingerprint density at radius 1 is 0.900 bits per heavy atom. The fourth-order valence-corrected chi connectivity index (χ4v) is 5.86. The Morgan fingerprint density at radius 3 is 2.00 bits per heavy atom. The van der Waals surface area contributed by atoms with Gasteiger partial charge in [-0.15, -0.1) is 0 Å². The molecular formula is C22H20N2O5S. The van der Waals surface area contributed by atoms with E-state index >= 15 is 0 Å². The number of nitrogens with one attached hydrogen (secondary N) is 1. The van der Waals surface area contributed by atoms with Crippen molar-refractivity contribution in [2.45, 2.75) is 11.3 Å². The number of benzene rings is 2. The molecule has 0 aromatic heterocycles. The second-order valence-corrected chi connectivity index (χ2v) is 9.52. The lowest BCUT2D eigenvalue weighted by Crippen LogP contribution is -2.32. The minimum absolute atomic E-state index is 0.0445. The Morgan fingerprint density at radius 2 is 1.47 bits per heavy atom. The molecule has 154 valence electrons. The molecule has 1 saturated heterocycles. The van der Waals surface area contributed by atoms with Crippen LogP contribution in [0.3, 0.4) is 0 Å².